The van der Waals surface area contributed by atoms with Crippen molar-refractivity contribution in [2.75, 3.05) is 4.72 Å². The van der Waals surface area contributed by atoms with E-state index >= 15 is 0 Å². The first kappa shape index (κ1) is 13.4. The molecule has 8 heteroatoms. The number of nitriles is 1. The minimum absolute atomic E-state index is 0.0217. The fourth-order valence-corrected chi connectivity index (χ4v) is 2.69. The molecule has 0 amide bonds. The third kappa shape index (κ3) is 2.86. The Kier molecular flexibility index (Phi) is 3.46. The van der Waals surface area contributed by atoms with Crippen LogP contribution in [0.4, 0.5) is 5.69 Å². The van der Waals surface area contributed by atoms with Gasteiger partial charge in [-0.2, -0.15) is 10.4 Å². The lowest BCUT2D eigenvalue weighted by Gasteiger charge is -2.08. The van der Waals surface area contributed by atoms with E-state index in [1.54, 1.807) is 7.05 Å². The second-order valence-corrected chi connectivity index (χ2v) is 5.85. The Bertz CT molecular complexity index is 761. The number of nitrogens with one attached hydrogen (secondary N) is 1. The van der Waals surface area contributed by atoms with Gasteiger partial charge in [-0.1, -0.05) is 11.6 Å². The van der Waals surface area contributed by atoms with Crippen molar-refractivity contribution < 1.29 is 8.42 Å². The van der Waals surface area contributed by atoms with E-state index < -0.39 is 10.0 Å². The molecule has 0 aliphatic heterocycles. The number of nitrogens with zero attached hydrogens (tertiary/aromatic N) is 3. The number of hydrogen-bond donors (Lipinski definition) is 1. The van der Waals surface area contributed by atoms with Crippen molar-refractivity contribution in [2.45, 2.75) is 4.90 Å². The van der Waals surface area contributed by atoms with Crippen LogP contribution in [0.3, 0.4) is 0 Å². The second kappa shape index (κ2) is 4.91. The fraction of sp³-hybridized carbons (Fsp3) is 0.0909. The van der Waals surface area contributed by atoms with Gasteiger partial charge in [0.15, 0.2) is 0 Å². The van der Waals surface area contributed by atoms with Gasteiger partial charge in [-0.3, -0.25) is 9.40 Å². The van der Waals surface area contributed by atoms with Gasteiger partial charge in [0, 0.05) is 13.2 Å². The van der Waals surface area contributed by atoms with Gasteiger partial charge in [-0.05, 0) is 18.2 Å². The van der Waals surface area contributed by atoms with E-state index in [1.807, 2.05) is 6.07 Å². The summed E-state index contributed by atoms with van der Waals surface area (Å²) in [4.78, 5) is 0.0217. The normalized spacial score (nSPS) is 11.0. The molecule has 19 heavy (non-hydrogen) atoms. The van der Waals surface area contributed by atoms with E-state index in [2.05, 4.69) is 9.82 Å². The highest BCUT2D eigenvalue weighted by Crippen LogP contribution is 2.25. The highest BCUT2D eigenvalue weighted by molar-refractivity contribution is 7.92. The molecule has 1 heterocycles. The molecule has 0 saturated heterocycles. The molecule has 0 aliphatic carbocycles. The molecular weight excluding hydrogens is 288 g/mol. The molecule has 1 aromatic carbocycles. The summed E-state index contributed by atoms with van der Waals surface area (Å²) >= 11 is 5.89. The predicted octanol–water partition coefficient (Wildman–Crippen LogP) is 1.75. The van der Waals surface area contributed by atoms with Gasteiger partial charge >= 0.3 is 0 Å². The molecule has 0 fully saturated rings. The molecule has 0 aliphatic rings. The van der Waals surface area contributed by atoms with E-state index in [0.717, 1.165) is 0 Å². The molecule has 98 valence electrons. The largest absolute Gasteiger partial charge is 0.278 e. The topological polar surface area (TPSA) is 87.8 Å². The summed E-state index contributed by atoms with van der Waals surface area (Å²) in [5, 5.41) is 12.8. The first-order chi connectivity index (χ1) is 8.92. The first-order valence-electron chi connectivity index (χ1n) is 5.13. The average Bonchev–Trinajstić information content (AvgIpc) is 2.79. The zero-order chi connectivity index (χ0) is 14.0. The maximum absolute atomic E-state index is 12.1. The summed E-state index contributed by atoms with van der Waals surface area (Å²) in [7, 11) is -2.15. The summed E-state index contributed by atoms with van der Waals surface area (Å²) < 4.78 is 27.8. The van der Waals surface area contributed by atoms with Crippen LogP contribution in [0.2, 0.25) is 5.02 Å². The standard InChI is InChI=1S/C11H9ClN4O2S/c1-16-7-9(6-14-16)19(17,18)15-11-4-8(5-13)2-3-10(11)12/h2-4,6-7,15H,1H3. The molecule has 0 unspecified atom stereocenters. The molecule has 0 spiro atoms. The number of anilines is 1. The smallest absolute Gasteiger partial charge is 0.265 e. The summed E-state index contributed by atoms with van der Waals surface area (Å²) in [5.74, 6) is 0. The van der Waals surface area contributed by atoms with Gasteiger partial charge in [0.2, 0.25) is 0 Å². The minimum atomic E-state index is -3.77. The van der Waals surface area contributed by atoms with Crippen molar-refractivity contribution >= 4 is 27.3 Å². The molecular formula is C11H9ClN4O2S. The SMILES string of the molecule is Cn1cc(S(=O)(=O)Nc2cc(C#N)ccc2Cl)cn1. The lowest BCUT2D eigenvalue weighted by Crippen LogP contribution is -2.12. The number of halogens is 1. The zero-order valence-electron chi connectivity index (χ0n) is 9.83. The Labute approximate surface area is 115 Å². The van der Waals surface area contributed by atoms with Crippen molar-refractivity contribution in [1.82, 2.24) is 9.78 Å². The van der Waals surface area contributed by atoms with E-state index in [1.165, 1.54) is 35.3 Å². The molecule has 0 saturated carbocycles. The Morgan fingerprint density at radius 1 is 1.47 bits per heavy atom. The van der Waals surface area contributed by atoms with Crippen LogP contribution in [0.15, 0.2) is 35.5 Å². The molecule has 2 rings (SSSR count). The Morgan fingerprint density at radius 3 is 2.79 bits per heavy atom. The second-order valence-electron chi connectivity index (χ2n) is 3.76. The monoisotopic (exact) mass is 296 g/mol. The van der Waals surface area contributed by atoms with E-state index in [-0.39, 0.29) is 15.6 Å². The lowest BCUT2D eigenvalue weighted by atomic mass is 10.2. The summed E-state index contributed by atoms with van der Waals surface area (Å²) in [6, 6.07) is 6.25. The van der Waals surface area contributed by atoms with E-state index in [0.29, 0.717) is 5.56 Å². The predicted molar refractivity (Wildman–Crippen MR) is 70.2 cm³/mol. The van der Waals surface area contributed by atoms with Gasteiger partial charge < -0.3 is 0 Å². The van der Waals surface area contributed by atoms with Crippen molar-refractivity contribution in [3.05, 3.63) is 41.2 Å². The third-order valence-corrected chi connectivity index (χ3v) is 3.98. The molecule has 0 bridgehead atoms. The van der Waals surface area contributed by atoms with Crippen LogP contribution < -0.4 is 4.72 Å². The van der Waals surface area contributed by atoms with E-state index in [4.69, 9.17) is 16.9 Å². The van der Waals surface area contributed by atoms with Crippen LogP contribution in [-0.2, 0) is 17.1 Å². The van der Waals surface area contributed by atoms with Gasteiger partial charge in [-0.15, -0.1) is 0 Å². The van der Waals surface area contributed by atoms with Crippen LogP contribution in [0.25, 0.3) is 0 Å². The molecule has 1 aromatic heterocycles. The van der Waals surface area contributed by atoms with Gasteiger partial charge in [-0.25, -0.2) is 8.42 Å². The Hall–Kier alpha value is -2.04. The number of aromatic nitrogens is 2. The number of hydrogen-bond acceptors (Lipinski definition) is 4. The number of benzene rings is 1. The van der Waals surface area contributed by atoms with Crippen molar-refractivity contribution in [2.24, 2.45) is 7.05 Å². The van der Waals surface area contributed by atoms with E-state index in [9.17, 15) is 8.42 Å². The molecule has 1 N–H and O–H groups in total. The highest BCUT2D eigenvalue weighted by atomic mass is 35.5. The fourth-order valence-electron chi connectivity index (χ4n) is 1.41. The summed E-state index contributed by atoms with van der Waals surface area (Å²) in [5.41, 5.74) is 0.470. The third-order valence-electron chi connectivity index (χ3n) is 2.33. The molecule has 2 aromatic rings. The van der Waals surface area contributed by atoms with Gasteiger partial charge in [0.05, 0.1) is 28.5 Å². The summed E-state index contributed by atoms with van der Waals surface area (Å²) in [6.07, 6.45) is 2.59. The minimum Gasteiger partial charge on any atom is -0.278 e. The van der Waals surface area contributed by atoms with Crippen LogP contribution in [0, 0.1) is 11.3 Å². The number of aryl methyl sites for hydroxylation is 1. The van der Waals surface area contributed by atoms with Crippen molar-refractivity contribution in [3.8, 4) is 6.07 Å². The highest BCUT2D eigenvalue weighted by Gasteiger charge is 2.17. The summed E-state index contributed by atoms with van der Waals surface area (Å²) in [6.45, 7) is 0. The Morgan fingerprint density at radius 2 is 2.21 bits per heavy atom. The molecule has 0 radical (unpaired) electrons. The van der Waals surface area contributed by atoms with Crippen LogP contribution in [0.1, 0.15) is 5.56 Å². The quantitative estimate of drug-likeness (QED) is 0.934. The number of sulfonamides is 1. The van der Waals surface area contributed by atoms with Crippen molar-refractivity contribution in [1.29, 1.82) is 5.26 Å². The number of rotatable bonds is 3. The maximum atomic E-state index is 12.1. The van der Waals surface area contributed by atoms with Crippen LogP contribution >= 0.6 is 11.6 Å². The first-order valence-corrected chi connectivity index (χ1v) is 6.99. The lowest BCUT2D eigenvalue weighted by molar-refractivity contribution is 0.601. The van der Waals surface area contributed by atoms with Gasteiger partial charge in [0.25, 0.3) is 10.0 Å². The average molecular weight is 297 g/mol. The van der Waals surface area contributed by atoms with Crippen molar-refractivity contribution in [3.63, 3.8) is 0 Å². The van der Waals surface area contributed by atoms with Gasteiger partial charge in [0.1, 0.15) is 4.90 Å². The van der Waals surface area contributed by atoms with Crippen LogP contribution in [-0.4, -0.2) is 18.2 Å². The Balaban J connectivity index is 2.38. The molecule has 6 nitrogen and oxygen atoms in total. The van der Waals surface area contributed by atoms with Crippen LogP contribution in [0.5, 0.6) is 0 Å². The maximum Gasteiger partial charge on any atom is 0.265 e. The molecule has 0 atom stereocenters. The zero-order valence-corrected chi connectivity index (χ0v) is 11.4.